The summed E-state index contributed by atoms with van der Waals surface area (Å²) >= 11 is 0. The summed E-state index contributed by atoms with van der Waals surface area (Å²) in [5.74, 6) is 0.193. The minimum atomic E-state index is -2.03. The third-order valence-corrected chi connectivity index (χ3v) is 7.87. The number of esters is 1. The Hall–Kier alpha value is -4.06. The maximum Gasteiger partial charge on any atom is 0.339 e. The fraction of sp³-hybridized carbons (Fsp3) is 0.438. The molecular formula is C32H36O15. The Bertz CT molecular complexity index is 1650. The second-order valence-electron chi connectivity index (χ2n) is 11.1. The largest absolute Gasteiger partial charge is 0.493 e. The summed E-state index contributed by atoms with van der Waals surface area (Å²) < 4.78 is 43.2. The van der Waals surface area contributed by atoms with Gasteiger partial charge in [0.15, 0.2) is 23.4 Å². The smallest absolute Gasteiger partial charge is 0.339 e. The highest BCUT2D eigenvalue weighted by atomic mass is 16.7. The number of carbonyl (C=O) groups is 1. The first-order valence-electron chi connectivity index (χ1n) is 14.5. The number of methoxy groups -OCH3 is 2. The molecule has 47 heavy (non-hydrogen) atoms. The molecule has 15 heteroatoms. The van der Waals surface area contributed by atoms with Gasteiger partial charge < -0.3 is 63.1 Å². The number of ether oxygens (including phenoxy) is 7. The molecule has 0 spiro atoms. The Morgan fingerprint density at radius 1 is 0.979 bits per heavy atom. The Kier molecular flexibility index (Phi) is 10.5. The van der Waals surface area contributed by atoms with Gasteiger partial charge >= 0.3 is 11.6 Å². The number of rotatable bonds is 11. The lowest BCUT2D eigenvalue weighted by Gasteiger charge is -2.40. The number of hydrogen-bond donors (Lipinski definition) is 5. The van der Waals surface area contributed by atoms with Gasteiger partial charge in [-0.05, 0) is 42.3 Å². The lowest BCUT2D eigenvalue weighted by molar-refractivity contribution is -0.289. The van der Waals surface area contributed by atoms with E-state index in [1.54, 1.807) is 43.3 Å². The van der Waals surface area contributed by atoms with Crippen LogP contribution >= 0.6 is 0 Å². The SMILES string of the molecule is COc1ccc(C=CC(=O)OCC2(O)COC(OCC3OC(Oc4cc(=O)oc5cccc(C)c45)C(O)C(O)C3O)C2O)cc1OC. The van der Waals surface area contributed by atoms with Crippen LogP contribution in [0.5, 0.6) is 17.2 Å². The lowest BCUT2D eigenvalue weighted by Crippen LogP contribution is -2.60. The van der Waals surface area contributed by atoms with Crippen LogP contribution in [0.25, 0.3) is 17.0 Å². The van der Waals surface area contributed by atoms with Crippen LogP contribution in [0.4, 0.5) is 0 Å². The average Bonchev–Trinajstić information content (AvgIpc) is 3.34. The second-order valence-corrected chi connectivity index (χ2v) is 11.1. The summed E-state index contributed by atoms with van der Waals surface area (Å²) in [7, 11) is 2.98. The van der Waals surface area contributed by atoms with Crippen molar-refractivity contribution < 1.29 is 67.9 Å². The van der Waals surface area contributed by atoms with E-state index in [4.69, 9.17) is 37.6 Å². The summed E-state index contributed by atoms with van der Waals surface area (Å²) in [5, 5.41) is 53.7. The molecule has 0 aliphatic carbocycles. The zero-order valence-electron chi connectivity index (χ0n) is 25.7. The molecule has 2 aromatic carbocycles. The lowest BCUT2D eigenvalue weighted by atomic mass is 9.99. The molecule has 0 bridgehead atoms. The van der Waals surface area contributed by atoms with Gasteiger partial charge in [-0.3, -0.25) is 0 Å². The van der Waals surface area contributed by atoms with E-state index in [1.165, 1.54) is 20.3 Å². The fourth-order valence-corrected chi connectivity index (χ4v) is 5.21. The van der Waals surface area contributed by atoms with Gasteiger partial charge in [-0.15, -0.1) is 0 Å². The van der Waals surface area contributed by atoms with E-state index in [1.807, 2.05) is 0 Å². The number of benzene rings is 2. The van der Waals surface area contributed by atoms with Crippen LogP contribution < -0.4 is 19.8 Å². The molecule has 8 unspecified atom stereocenters. The van der Waals surface area contributed by atoms with Crippen LogP contribution in [0.2, 0.25) is 0 Å². The molecule has 5 N–H and O–H groups in total. The standard InChI is InChI=1S/C32H36O15/c1-16-5-4-6-19-25(16)21(12-24(34)45-19)46-30-28(37)27(36)26(35)22(47-30)13-42-31-29(38)32(39,15-44-31)14-43-23(33)10-8-17-7-9-18(40-2)20(11-17)41-3/h4-12,22,26-31,35-39H,13-15H2,1-3H3. The molecule has 8 atom stereocenters. The van der Waals surface area contributed by atoms with Gasteiger partial charge in [0.2, 0.25) is 6.29 Å². The first kappa shape index (κ1) is 34.3. The maximum atomic E-state index is 12.3. The first-order chi connectivity index (χ1) is 22.4. The van der Waals surface area contributed by atoms with Gasteiger partial charge in [0.25, 0.3) is 0 Å². The van der Waals surface area contributed by atoms with Gasteiger partial charge in [-0.2, -0.15) is 0 Å². The van der Waals surface area contributed by atoms with E-state index in [0.717, 1.165) is 12.1 Å². The zero-order chi connectivity index (χ0) is 33.9. The highest BCUT2D eigenvalue weighted by Gasteiger charge is 2.51. The van der Waals surface area contributed by atoms with Crippen molar-refractivity contribution in [3.05, 3.63) is 70.1 Å². The van der Waals surface area contributed by atoms with Crippen molar-refractivity contribution in [1.29, 1.82) is 0 Å². The van der Waals surface area contributed by atoms with Crippen LogP contribution in [0.3, 0.4) is 0 Å². The predicted octanol–water partition coefficient (Wildman–Crippen LogP) is 0.0265. The van der Waals surface area contributed by atoms with E-state index in [9.17, 15) is 35.1 Å². The van der Waals surface area contributed by atoms with Crippen molar-refractivity contribution in [1.82, 2.24) is 0 Å². The minimum absolute atomic E-state index is 0.0226. The number of fused-ring (bicyclic) bond motifs is 1. The van der Waals surface area contributed by atoms with Crippen LogP contribution in [-0.2, 0) is 23.7 Å². The van der Waals surface area contributed by atoms with Crippen LogP contribution in [-0.4, -0.2) is 114 Å². The number of hydrogen-bond acceptors (Lipinski definition) is 15. The molecule has 1 aromatic heterocycles. The van der Waals surface area contributed by atoms with E-state index in [-0.39, 0.29) is 11.3 Å². The van der Waals surface area contributed by atoms with Crippen molar-refractivity contribution in [2.24, 2.45) is 0 Å². The molecule has 254 valence electrons. The topological polar surface area (TPSA) is 213 Å². The number of aryl methyl sites for hydroxylation is 1. The third-order valence-electron chi connectivity index (χ3n) is 7.87. The molecule has 3 heterocycles. The van der Waals surface area contributed by atoms with Gasteiger partial charge in [0.1, 0.15) is 48.5 Å². The number of aliphatic hydroxyl groups excluding tert-OH is 4. The molecular weight excluding hydrogens is 624 g/mol. The van der Waals surface area contributed by atoms with Crippen molar-refractivity contribution in [2.45, 2.75) is 55.6 Å². The monoisotopic (exact) mass is 660 g/mol. The number of aliphatic hydroxyl groups is 5. The molecule has 0 amide bonds. The second kappa shape index (κ2) is 14.4. The zero-order valence-corrected chi connectivity index (χ0v) is 25.7. The molecule has 2 aliphatic heterocycles. The Morgan fingerprint density at radius 2 is 1.74 bits per heavy atom. The highest BCUT2D eigenvalue weighted by molar-refractivity contribution is 5.87. The van der Waals surface area contributed by atoms with Crippen molar-refractivity contribution >= 4 is 23.0 Å². The Labute approximate surface area is 268 Å². The van der Waals surface area contributed by atoms with Crippen molar-refractivity contribution in [3.8, 4) is 17.2 Å². The van der Waals surface area contributed by atoms with Gasteiger partial charge in [0.05, 0.1) is 38.9 Å². The Morgan fingerprint density at radius 3 is 2.49 bits per heavy atom. The average molecular weight is 661 g/mol. The van der Waals surface area contributed by atoms with Crippen LogP contribution in [0, 0.1) is 6.92 Å². The normalized spacial score (nSPS) is 29.2. The molecule has 2 saturated heterocycles. The summed E-state index contributed by atoms with van der Waals surface area (Å²) in [6.07, 6.45) is -8.51. The minimum Gasteiger partial charge on any atom is -0.493 e. The Balaban J connectivity index is 1.17. The van der Waals surface area contributed by atoms with E-state index >= 15 is 0 Å². The maximum absolute atomic E-state index is 12.3. The fourth-order valence-electron chi connectivity index (χ4n) is 5.21. The van der Waals surface area contributed by atoms with Crippen LogP contribution in [0.1, 0.15) is 11.1 Å². The summed E-state index contributed by atoms with van der Waals surface area (Å²) in [6, 6.07) is 11.1. The van der Waals surface area contributed by atoms with Gasteiger partial charge in [-0.1, -0.05) is 18.2 Å². The summed E-state index contributed by atoms with van der Waals surface area (Å²) in [6.45, 7) is 0.169. The molecule has 5 rings (SSSR count). The number of carbonyl (C=O) groups excluding carboxylic acids is 1. The molecule has 3 aromatic rings. The highest BCUT2D eigenvalue weighted by Crippen LogP contribution is 2.32. The van der Waals surface area contributed by atoms with Gasteiger partial charge in [-0.25, -0.2) is 9.59 Å². The molecule has 0 radical (unpaired) electrons. The van der Waals surface area contributed by atoms with Crippen molar-refractivity contribution in [2.75, 3.05) is 34.0 Å². The summed E-state index contributed by atoms with van der Waals surface area (Å²) in [5.41, 5.74) is -1.20. The van der Waals surface area contributed by atoms with Gasteiger partial charge in [0, 0.05) is 6.08 Å². The predicted molar refractivity (Wildman–Crippen MR) is 161 cm³/mol. The molecule has 0 saturated carbocycles. The molecule has 2 aliphatic rings. The first-order valence-corrected chi connectivity index (χ1v) is 14.5. The van der Waals surface area contributed by atoms with Crippen LogP contribution in [0.15, 0.2) is 57.8 Å². The van der Waals surface area contributed by atoms with E-state index in [2.05, 4.69) is 0 Å². The third kappa shape index (κ3) is 7.42. The summed E-state index contributed by atoms with van der Waals surface area (Å²) in [4.78, 5) is 24.4. The van der Waals surface area contributed by atoms with Crippen molar-refractivity contribution in [3.63, 3.8) is 0 Å². The quantitative estimate of drug-likeness (QED) is 0.104. The van der Waals surface area contributed by atoms with E-state index in [0.29, 0.717) is 28.0 Å². The van der Waals surface area contributed by atoms with E-state index < -0.39 is 80.1 Å². The molecule has 15 nitrogen and oxygen atoms in total. The molecule has 2 fully saturated rings.